The first-order valence-electron chi connectivity index (χ1n) is 7.28. The predicted octanol–water partition coefficient (Wildman–Crippen LogP) is 3.64. The summed E-state index contributed by atoms with van der Waals surface area (Å²) in [5.74, 6) is 0.582. The van der Waals surface area contributed by atoms with Gasteiger partial charge in [0.05, 0.1) is 6.33 Å². The largest absolute Gasteiger partial charge is 0.349 e. The molecule has 0 aromatic carbocycles. The minimum atomic E-state index is -0.162. The molecule has 0 amide bonds. The summed E-state index contributed by atoms with van der Waals surface area (Å²) in [5, 5.41) is 4.28. The number of allylic oxidation sites excluding steroid dienone is 4. The van der Waals surface area contributed by atoms with Gasteiger partial charge >= 0.3 is 0 Å². The van der Waals surface area contributed by atoms with Gasteiger partial charge in [-0.05, 0) is 37.5 Å². The summed E-state index contributed by atoms with van der Waals surface area (Å²) in [6.45, 7) is 2.47. The topological polar surface area (TPSA) is 38.1 Å². The Morgan fingerprint density at radius 1 is 1.36 bits per heavy atom. The van der Waals surface area contributed by atoms with E-state index >= 15 is 0 Å². The maximum absolute atomic E-state index is 13.2. The molecule has 1 aromatic heterocycles. The third-order valence-corrected chi connectivity index (χ3v) is 4.09. The van der Waals surface area contributed by atoms with Gasteiger partial charge < -0.3 is 4.90 Å². The summed E-state index contributed by atoms with van der Waals surface area (Å²) < 4.78 is 27.6. The van der Waals surface area contributed by atoms with Crippen LogP contribution in [0.2, 0.25) is 0 Å². The average molecular weight is 305 g/mol. The van der Waals surface area contributed by atoms with E-state index < -0.39 is 0 Å². The standard InChI is InChI=1S/C16H17F2N3O/c1-11-6-12(8-17)9-20(11)16-7-14(10-22)19-21(16)15-4-2-13(18)3-5-15/h2,4,7-8,10-11H,3,5-6,9H2,1H3/b12-8-. The van der Waals surface area contributed by atoms with Gasteiger partial charge in [-0.1, -0.05) is 0 Å². The minimum absolute atomic E-state index is 0.119. The summed E-state index contributed by atoms with van der Waals surface area (Å²) in [7, 11) is 0. The molecular formula is C16H17F2N3O. The molecule has 0 radical (unpaired) electrons. The zero-order chi connectivity index (χ0) is 15.7. The Labute approximate surface area is 127 Å². The number of carbonyl (C=O) groups excluding carboxylic acids is 1. The van der Waals surface area contributed by atoms with E-state index in [1.165, 1.54) is 6.08 Å². The first kappa shape index (κ1) is 14.7. The van der Waals surface area contributed by atoms with Gasteiger partial charge in [0.1, 0.15) is 17.3 Å². The lowest BCUT2D eigenvalue weighted by molar-refractivity contribution is 0.111. The minimum Gasteiger partial charge on any atom is -0.349 e. The number of nitrogens with zero attached hydrogens (tertiary/aromatic N) is 3. The molecule has 116 valence electrons. The molecule has 1 saturated heterocycles. The van der Waals surface area contributed by atoms with Crippen LogP contribution in [-0.4, -0.2) is 28.7 Å². The lowest BCUT2D eigenvalue weighted by Crippen LogP contribution is -2.28. The molecule has 1 aliphatic heterocycles. The molecule has 1 aliphatic carbocycles. The number of rotatable bonds is 3. The summed E-state index contributed by atoms with van der Waals surface area (Å²) in [4.78, 5) is 13.1. The van der Waals surface area contributed by atoms with Crippen molar-refractivity contribution >= 4 is 17.8 Å². The van der Waals surface area contributed by atoms with Gasteiger partial charge in [-0.25, -0.2) is 13.5 Å². The van der Waals surface area contributed by atoms with Crippen LogP contribution in [0.25, 0.3) is 5.70 Å². The number of aromatic nitrogens is 2. The van der Waals surface area contributed by atoms with Gasteiger partial charge in [-0.15, -0.1) is 0 Å². The summed E-state index contributed by atoms with van der Waals surface area (Å²) in [6, 6.07) is 1.81. The monoisotopic (exact) mass is 305 g/mol. The van der Waals surface area contributed by atoms with Crippen LogP contribution in [0.5, 0.6) is 0 Å². The third kappa shape index (κ3) is 2.61. The van der Waals surface area contributed by atoms with E-state index in [4.69, 9.17) is 0 Å². The molecule has 1 fully saturated rings. The fourth-order valence-corrected chi connectivity index (χ4v) is 2.95. The molecule has 22 heavy (non-hydrogen) atoms. The Morgan fingerprint density at radius 3 is 2.77 bits per heavy atom. The SMILES string of the molecule is CC1C/C(=C/F)CN1c1cc(C=O)nn1C1=CC=C(F)CC1. The number of halogens is 2. The molecule has 1 unspecified atom stereocenters. The zero-order valence-corrected chi connectivity index (χ0v) is 12.3. The number of hydrogen-bond acceptors (Lipinski definition) is 3. The van der Waals surface area contributed by atoms with Crippen LogP contribution < -0.4 is 4.90 Å². The van der Waals surface area contributed by atoms with Crippen molar-refractivity contribution in [2.75, 3.05) is 11.4 Å². The van der Waals surface area contributed by atoms with Gasteiger partial charge in [0.25, 0.3) is 0 Å². The Hall–Kier alpha value is -2.24. The maximum atomic E-state index is 13.2. The van der Waals surface area contributed by atoms with Gasteiger partial charge in [-0.3, -0.25) is 4.79 Å². The quantitative estimate of drug-likeness (QED) is 0.800. The molecular weight excluding hydrogens is 288 g/mol. The van der Waals surface area contributed by atoms with Crippen molar-refractivity contribution in [3.8, 4) is 0 Å². The third-order valence-electron chi connectivity index (χ3n) is 4.09. The molecule has 0 N–H and O–H groups in total. The van der Waals surface area contributed by atoms with Gasteiger partial charge in [0.15, 0.2) is 6.29 Å². The van der Waals surface area contributed by atoms with E-state index in [0.717, 1.165) is 17.1 Å². The molecule has 3 rings (SSSR count). The molecule has 2 heterocycles. The highest BCUT2D eigenvalue weighted by molar-refractivity contribution is 5.75. The first-order chi connectivity index (χ1) is 10.6. The van der Waals surface area contributed by atoms with Crippen molar-refractivity contribution in [3.63, 3.8) is 0 Å². The molecule has 2 aliphatic rings. The van der Waals surface area contributed by atoms with Crippen LogP contribution in [0.4, 0.5) is 14.6 Å². The Balaban J connectivity index is 2.01. The van der Waals surface area contributed by atoms with Crippen molar-refractivity contribution in [2.45, 2.75) is 32.2 Å². The van der Waals surface area contributed by atoms with E-state index in [-0.39, 0.29) is 11.9 Å². The van der Waals surface area contributed by atoms with E-state index in [2.05, 4.69) is 5.10 Å². The Bertz CT molecular complexity index is 688. The van der Waals surface area contributed by atoms with Crippen molar-refractivity contribution in [1.29, 1.82) is 0 Å². The number of hydrogen-bond donors (Lipinski definition) is 0. The second-order valence-corrected chi connectivity index (χ2v) is 5.68. The van der Waals surface area contributed by atoms with Gasteiger partial charge in [0.2, 0.25) is 0 Å². The smallest absolute Gasteiger partial charge is 0.170 e. The van der Waals surface area contributed by atoms with Crippen LogP contribution in [0.3, 0.4) is 0 Å². The summed E-state index contributed by atoms with van der Waals surface area (Å²) >= 11 is 0. The Morgan fingerprint density at radius 2 is 2.18 bits per heavy atom. The van der Waals surface area contributed by atoms with Crippen LogP contribution in [0.15, 0.2) is 35.9 Å². The highest BCUT2D eigenvalue weighted by atomic mass is 19.1. The van der Waals surface area contributed by atoms with Crippen LogP contribution in [0.1, 0.15) is 36.7 Å². The number of aldehydes is 1. The molecule has 0 bridgehead atoms. The van der Waals surface area contributed by atoms with E-state index in [1.54, 1.807) is 16.8 Å². The molecule has 1 atom stereocenters. The number of carbonyl (C=O) groups is 1. The van der Waals surface area contributed by atoms with Crippen molar-refractivity contribution in [1.82, 2.24) is 9.78 Å². The number of anilines is 1. The normalized spacial score (nSPS) is 23.7. The summed E-state index contributed by atoms with van der Waals surface area (Å²) in [6.07, 6.45) is 5.92. The highest BCUT2D eigenvalue weighted by Gasteiger charge is 2.28. The van der Waals surface area contributed by atoms with Crippen molar-refractivity contribution in [2.24, 2.45) is 0 Å². The second-order valence-electron chi connectivity index (χ2n) is 5.68. The molecule has 6 heteroatoms. The van der Waals surface area contributed by atoms with Gasteiger partial charge in [0, 0.05) is 30.8 Å². The van der Waals surface area contributed by atoms with Crippen molar-refractivity contribution in [3.05, 3.63) is 41.6 Å². The predicted molar refractivity (Wildman–Crippen MR) is 80.9 cm³/mol. The van der Waals surface area contributed by atoms with Gasteiger partial charge in [-0.2, -0.15) is 5.10 Å². The average Bonchev–Trinajstić information content (AvgIpc) is 3.11. The summed E-state index contributed by atoms with van der Waals surface area (Å²) in [5.41, 5.74) is 1.86. The fraction of sp³-hybridized carbons (Fsp3) is 0.375. The maximum Gasteiger partial charge on any atom is 0.170 e. The Kier molecular flexibility index (Phi) is 3.92. The molecule has 0 saturated carbocycles. The first-order valence-corrected chi connectivity index (χ1v) is 7.28. The lowest BCUT2D eigenvalue weighted by Gasteiger charge is -2.25. The molecule has 1 aromatic rings. The van der Waals surface area contributed by atoms with Crippen LogP contribution >= 0.6 is 0 Å². The van der Waals surface area contributed by atoms with Crippen LogP contribution in [-0.2, 0) is 0 Å². The van der Waals surface area contributed by atoms with Crippen LogP contribution in [0, 0.1) is 0 Å². The highest BCUT2D eigenvalue weighted by Crippen LogP contribution is 2.33. The molecule has 0 spiro atoms. The van der Waals surface area contributed by atoms with E-state index in [1.807, 2.05) is 11.8 Å². The molecule has 4 nitrogen and oxygen atoms in total. The second kappa shape index (κ2) is 5.87. The zero-order valence-electron chi connectivity index (χ0n) is 12.3. The lowest BCUT2D eigenvalue weighted by atomic mass is 10.1. The van der Waals surface area contributed by atoms with E-state index in [9.17, 15) is 13.6 Å². The van der Waals surface area contributed by atoms with E-state index in [0.29, 0.717) is 44.1 Å². The van der Waals surface area contributed by atoms with Crippen molar-refractivity contribution < 1.29 is 13.6 Å². The fourth-order valence-electron chi connectivity index (χ4n) is 2.95.